The van der Waals surface area contributed by atoms with Crippen LogP contribution in [0.15, 0.2) is 85.1 Å². The van der Waals surface area contributed by atoms with Crippen LogP contribution in [0.1, 0.15) is 54.5 Å². The Hall–Kier alpha value is -3.66. The van der Waals surface area contributed by atoms with Gasteiger partial charge in [0.25, 0.3) is 0 Å². The fourth-order valence-electron chi connectivity index (χ4n) is 7.38. The third kappa shape index (κ3) is 6.81. The molecule has 3 heterocycles. The maximum atomic E-state index is 15.7. The van der Waals surface area contributed by atoms with Gasteiger partial charge in [-0.3, -0.25) is 14.4 Å². The number of halogens is 1. The molecule has 1 saturated heterocycles. The Morgan fingerprint density at radius 1 is 0.978 bits per heavy atom. The van der Waals surface area contributed by atoms with Gasteiger partial charge in [-0.05, 0) is 79.6 Å². The summed E-state index contributed by atoms with van der Waals surface area (Å²) < 4.78 is 24.1. The van der Waals surface area contributed by atoms with Gasteiger partial charge >= 0.3 is 0 Å². The van der Waals surface area contributed by atoms with Crippen molar-refractivity contribution in [2.45, 2.75) is 82.3 Å². The van der Waals surface area contributed by atoms with Gasteiger partial charge in [0.1, 0.15) is 0 Å². The number of aliphatic hydroxyl groups excluding tert-OH is 1. The minimum atomic E-state index is -3.00. The number of amides is 1. The van der Waals surface area contributed by atoms with Crippen molar-refractivity contribution >= 4 is 25.7 Å². The fraction of sp³-hybridized carbons (Fsp3) is 0.417. The average molecular weight is 627 g/mol. The number of carbonyl (C=O) groups excluding carboxylic acids is 1. The lowest BCUT2D eigenvalue weighted by atomic mass is 9.95. The summed E-state index contributed by atoms with van der Waals surface area (Å²) in [6.07, 6.45) is 5.26. The number of ether oxygens (including phenoxy) is 1. The zero-order chi connectivity index (χ0) is 31.6. The van der Waals surface area contributed by atoms with Gasteiger partial charge in [-0.25, -0.2) is 0 Å². The lowest BCUT2D eigenvalue weighted by Gasteiger charge is -2.29. The van der Waals surface area contributed by atoms with E-state index >= 15 is 4.11 Å². The molecule has 0 aliphatic carbocycles. The molecule has 1 unspecified atom stereocenters. The van der Waals surface area contributed by atoms with Crippen molar-refractivity contribution in [3.63, 3.8) is 0 Å². The van der Waals surface area contributed by atoms with Crippen molar-refractivity contribution in [1.82, 2.24) is 15.0 Å². The number of aryl methyl sites for hydroxylation is 3. The van der Waals surface area contributed by atoms with Crippen molar-refractivity contribution in [2.75, 3.05) is 11.5 Å². The van der Waals surface area contributed by atoms with Gasteiger partial charge in [-0.2, -0.15) is 0 Å². The van der Waals surface area contributed by atoms with E-state index < -0.39 is 8.41 Å². The smallest absolute Gasteiger partial charge is 0.246 e. The molecule has 3 aromatic carbocycles. The standard InChI is InChI=1S/C36H43FN4O3Si/c1-25-33(19-15-26-13-17-29(18-14-26)41-32-12-8-7-11-28(32)16-20-35(41)43)44-34(36(25)45(2,3)37)21-22-40-23-31(38-39-40)30(24-42)27-9-5-4-6-10-27/h4-14,17-18,23,25,30,33-34,36,42H,15-16,19-22,24H2,1-3H3/t25-,30?,33+,34-,36+/m0/s1. The van der Waals surface area contributed by atoms with E-state index in [4.69, 9.17) is 4.74 Å². The Bertz CT molecular complexity index is 1590. The summed E-state index contributed by atoms with van der Waals surface area (Å²) in [5, 5.41) is 18.7. The molecule has 0 saturated carbocycles. The highest BCUT2D eigenvalue weighted by Crippen LogP contribution is 2.47. The van der Waals surface area contributed by atoms with E-state index in [1.165, 1.54) is 11.1 Å². The highest BCUT2D eigenvalue weighted by molar-refractivity contribution is 6.72. The predicted molar refractivity (Wildman–Crippen MR) is 177 cm³/mol. The molecule has 1 fully saturated rings. The molecule has 0 bridgehead atoms. The first-order valence-electron chi connectivity index (χ1n) is 16.1. The highest BCUT2D eigenvalue weighted by Gasteiger charge is 2.50. The number of aliphatic hydroxyl groups is 1. The van der Waals surface area contributed by atoms with Crippen molar-refractivity contribution in [3.05, 3.63) is 107 Å². The van der Waals surface area contributed by atoms with Crippen LogP contribution in [0.2, 0.25) is 18.6 Å². The molecule has 0 spiro atoms. The summed E-state index contributed by atoms with van der Waals surface area (Å²) in [6, 6.07) is 26.2. The average Bonchev–Trinajstić information content (AvgIpc) is 3.64. The number of carbonyl (C=O) groups is 1. The number of para-hydroxylation sites is 1. The van der Waals surface area contributed by atoms with E-state index in [1.54, 1.807) is 17.8 Å². The first kappa shape index (κ1) is 31.3. The van der Waals surface area contributed by atoms with E-state index in [2.05, 4.69) is 35.4 Å². The van der Waals surface area contributed by atoms with Crippen LogP contribution < -0.4 is 4.90 Å². The van der Waals surface area contributed by atoms with Gasteiger partial charge in [0.2, 0.25) is 14.3 Å². The van der Waals surface area contributed by atoms with E-state index in [0.29, 0.717) is 19.4 Å². The molecule has 7 nitrogen and oxygen atoms in total. The molecule has 1 N–H and O–H groups in total. The van der Waals surface area contributed by atoms with Crippen molar-refractivity contribution < 1.29 is 18.7 Å². The van der Waals surface area contributed by atoms with Crippen LogP contribution in [0.4, 0.5) is 15.5 Å². The third-order valence-electron chi connectivity index (χ3n) is 9.64. The van der Waals surface area contributed by atoms with E-state index in [-0.39, 0.29) is 42.1 Å². The molecule has 1 amide bonds. The van der Waals surface area contributed by atoms with Crippen molar-refractivity contribution in [2.24, 2.45) is 5.92 Å². The summed E-state index contributed by atoms with van der Waals surface area (Å²) >= 11 is 0. The zero-order valence-electron chi connectivity index (χ0n) is 26.3. The first-order valence-corrected chi connectivity index (χ1v) is 19.1. The minimum absolute atomic E-state index is 0.0269. The molecule has 2 aliphatic heterocycles. The molecule has 4 aromatic rings. The molecular formula is C36H43FN4O3Si. The van der Waals surface area contributed by atoms with Crippen molar-refractivity contribution in [3.8, 4) is 0 Å². The maximum Gasteiger partial charge on any atom is 0.246 e. The molecule has 6 rings (SSSR count). The van der Waals surface area contributed by atoms with Crippen LogP contribution in [0.25, 0.3) is 0 Å². The van der Waals surface area contributed by atoms with Gasteiger partial charge in [0, 0.05) is 30.4 Å². The quantitative estimate of drug-likeness (QED) is 0.144. The summed E-state index contributed by atoms with van der Waals surface area (Å²) in [6.45, 7) is 6.26. The Kier molecular flexibility index (Phi) is 9.30. The number of hydrogen-bond acceptors (Lipinski definition) is 5. The molecule has 0 radical (unpaired) electrons. The Labute approximate surface area is 266 Å². The fourth-order valence-corrected chi connectivity index (χ4v) is 9.97. The van der Waals surface area contributed by atoms with Crippen LogP contribution in [0.3, 0.4) is 0 Å². The second-order valence-electron chi connectivity index (χ2n) is 13.1. The van der Waals surface area contributed by atoms with Gasteiger partial charge < -0.3 is 14.0 Å². The maximum absolute atomic E-state index is 15.7. The normalized spacial score (nSPS) is 22.4. The van der Waals surface area contributed by atoms with Crippen LogP contribution in [0.5, 0.6) is 0 Å². The summed E-state index contributed by atoms with van der Waals surface area (Å²) in [4.78, 5) is 14.7. The van der Waals surface area contributed by atoms with Gasteiger partial charge in [-0.1, -0.05) is 72.8 Å². The van der Waals surface area contributed by atoms with Crippen LogP contribution in [-0.2, 0) is 28.9 Å². The minimum Gasteiger partial charge on any atom is -0.395 e. The van der Waals surface area contributed by atoms with Crippen LogP contribution in [-0.4, -0.2) is 53.2 Å². The highest BCUT2D eigenvalue weighted by atomic mass is 28.4. The van der Waals surface area contributed by atoms with E-state index in [0.717, 1.165) is 41.9 Å². The Morgan fingerprint density at radius 3 is 2.44 bits per heavy atom. The van der Waals surface area contributed by atoms with E-state index in [1.807, 2.05) is 71.8 Å². The van der Waals surface area contributed by atoms with Crippen LogP contribution >= 0.6 is 0 Å². The molecule has 9 heteroatoms. The number of anilines is 2. The Balaban J connectivity index is 1.09. The molecular weight excluding hydrogens is 584 g/mol. The second-order valence-corrected chi connectivity index (χ2v) is 16.9. The van der Waals surface area contributed by atoms with Crippen molar-refractivity contribution in [1.29, 1.82) is 0 Å². The first-order chi connectivity index (χ1) is 21.7. The van der Waals surface area contributed by atoms with Crippen LogP contribution in [0, 0.1) is 5.92 Å². The molecule has 1 aromatic heterocycles. The number of benzene rings is 3. The number of rotatable bonds is 11. The lowest BCUT2D eigenvalue weighted by molar-refractivity contribution is -0.118. The summed E-state index contributed by atoms with van der Waals surface area (Å²) in [5.41, 5.74) is 5.84. The second kappa shape index (κ2) is 13.4. The summed E-state index contributed by atoms with van der Waals surface area (Å²) in [5.74, 6) is 0.00467. The lowest BCUT2D eigenvalue weighted by Crippen LogP contribution is -2.36. The number of hydrogen-bond donors (Lipinski definition) is 1. The molecule has 5 atom stereocenters. The zero-order valence-corrected chi connectivity index (χ0v) is 27.3. The molecule has 2 aliphatic rings. The number of fused-ring (bicyclic) bond motifs is 1. The number of aromatic nitrogens is 3. The number of nitrogens with zero attached hydrogens (tertiary/aromatic N) is 4. The van der Waals surface area contributed by atoms with Gasteiger partial charge in [0.15, 0.2) is 0 Å². The van der Waals surface area contributed by atoms with Gasteiger partial charge in [-0.15, -0.1) is 5.10 Å². The van der Waals surface area contributed by atoms with Gasteiger partial charge in [0.05, 0.1) is 36.1 Å². The summed E-state index contributed by atoms with van der Waals surface area (Å²) in [7, 11) is -3.00. The topological polar surface area (TPSA) is 80.5 Å². The Morgan fingerprint density at radius 2 is 1.71 bits per heavy atom. The predicted octanol–water partition coefficient (Wildman–Crippen LogP) is 6.98. The third-order valence-corrected chi connectivity index (χ3v) is 12.1. The molecule has 236 valence electrons. The van der Waals surface area contributed by atoms with E-state index in [9.17, 15) is 9.90 Å². The SMILES string of the molecule is C[C@@H]1[C@@H]([Si](C)(C)F)[C@H](CCn2cc(C(CO)c3ccccc3)nn2)O[C@@H]1CCc1ccc(N2C(=O)CCc3ccccc32)cc1. The monoisotopic (exact) mass is 626 g/mol. The largest absolute Gasteiger partial charge is 0.395 e. The molecule has 45 heavy (non-hydrogen) atoms.